The summed E-state index contributed by atoms with van der Waals surface area (Å²) in [5.41, 5.74) is 3.60. The molecule has 0 aliphatic carbocycles. The Morgan fingerprint density at radius 1 is 1.18 bits per heavy atom. The van der Waals surface area contributed by atoms with Crippen molar-refractivity contribution in [3.8, 4) is 0 Å². The summed E-state index contributed by atoms with van der Waals surface area (Å²) < 4.78 is 0. The van der Waals surface area contributed by atoms with Crippen molar-refractivity contribution in [2.24, 2.45) is 4.99 Å². The van der Waals surface area contributed by atoms with Gasteiger partial charge in [0.1, 0.15) is 0 Å². The van der Waals surface area contributed by atoms with Crippen LogP contribution in [-0.4, -0.2) is 24.8 Å². The zero-order chi connectivity index (χ0) is 16.1. The molecule has 0 amide bonds. The molecule has 2 aromatic rings. The van der Waals surface area contributed by atoms with E-state index >= 15 is 0 Å². The predicted octanol–water partition coefficient (Wildman–Crippen LogP) is 5.66. The second-order valence-corrected chi connectivity index (χ2v) is 5.91. The predicted molar refractivity (Wildman–Crippen MR) is 97.4 cm³/mol. The van der Waals surface area contributed by atoms with Gasteiger partial charge in [0.25, 0.3) is 0 Å². The smallest absolute Gasteiger partial charge is 0.0910 e. The zero-order valence-corrected chi connectivity index (χ0v) is 14.4. The Morgan fingerprint density at radius 2 is 1.86 bits per heavy atom. The van der Waals surface area contributed by atoms with Crippen molar-refractivity contribution < 1.29 is 0 Å². The van der Waals surface area contributed by atoms with Crippen LogP contribution in [0.5, 0.6) is 0 Å². The second kappa shape index (κ2) is 7.52. The van der Waals surface area contributed by atoms with Crippen LogP contribution in [0.1, 0.15) is 12.5 Å². The molecule has 0 fully saturated rings. The van der Waals surface area contributed by atoms with Gasteiger partial charge >= 0.3 is 0 Å². The summed E-state index contributed by atoms with van der Waals surface area (Å²) in [6.45, 7) is 4.98. The van der Waals surface area contributed by atoms with Crippen LogP contribution in [0, 0.1) is 6.92 Å². The van der Waals surface area contributed by atoms with Gasteiger partial charge in [-0.1, -0.05) is 23.2 Å². The Morgan fingerprint density at radius 3 is 2.50 bits per heavy atom. The number of halogens is 2. The molecule has 2 aromatic carbocycles. The van der Waals surface area contributed by atoms with E-state index in [1.807, 2.05) is 55.3 Å². The molecule has 0 atom stereocenters. The molecule has 3 nitrogen and oxygen atoms in total. The molecule has 0 aliphatic rings. The maximum Gasteiger partial charge on any atom is 0.0910 e. The van der Waals surface area contributed by atoms with Crippen LogP contribution in [0.4, 0.5) is 17.1 Å². The molecule has 0 aromatic heterocycles. The zero-order valence-electron chi connectivity index (χ0n) is 12.9. The van der Waals surface area contributed by atoms with Crippen molar-refractivity contribution in [1.82, 2.24) is 4.90 Å². The number of benzene rings is 2. The van der Waals surface area contributed by atoms with Gasteiger partial charge in [0.05, 0.1) is 22.7 Å². The normalized spacial score (nSPS) is 11.0. The SMILES string of the molecule is CCN(C)/C=N\c1cc(C)cc(Nc2ccc(Cl)cc2)c1Cl. The average molecular weight is 336 g/mol. The van der Waals surface area contributed by atoms with E-state index in [0.29, 0.717) is 10.0 Å². The van der Waals surface area contributed by atoms with Crippen LogP contribution in [0.25, 0.3) is 0 Å². The van der Waals surface area contributed by atoms with Crippen molar-refractivity contribution in [3.05, 3.63) is 52.0 Å². The number of hydrogen-bond acceptors (Lipinski definition) is 2. The van der Waals surface area contributed by atoms with E-state index in [-0.39, 0.29) is 0 Å². The highest BCUT2D eigenvalue weighted by Gasteiger charge is 2.08. The van der Waals surface area contributed by atoms with Gasteiger partial charge in [-0.2, -0.15) is 0 Å². The standard InChI is InChI=1S/C17H19Cl2N3/c1-4-22(3)11-20-15-9-12(2)10-16(17(15)19)21-14-7-5-13(18)6-8-14/h5-11,21H,4H2,1-3H3/b20-11-. The van der Waals surface area contributed by atoms with Gasteiger partial charge in [-0.3, -0.25) is 0 Å². The van der Waals surface area contributed by atoms with Crippen molar-refractivity contribution in [2.75, 3.05) is 18.9 Å². The van der Waals surface area contributed by atoms with Crippen LogP contribution in [-0.2, 0) is 0 Å². The van der Waals surface area contributed by atoms with Crippen LogP contribution >= 0.6 is 23.2 Å². The summed E-state index contributed by atoms with van der Waals surface area (Å²) in [5, 5.41) is 4.61. The molecule has 5 heteroatoms. The molecule has 0 bridgehead atoms. The van der Waals surface area contributed by atoms with Crippen molar-refractivity contribution in [1.29, 1.82) is 0 Å². The van der Waals surface area contributed by atoms with E-state index in [1.54, 1.807) is 6.34 Å². The monoisotopic (exact) mass is 335 g/mol. The lowest BCUT2D eigenvalue weighted by Gasteiger charge is -2.13. The highest BCUT2D eigenvalue weighted by molar-refractivity contribution is 6.36. The van der Waals surface area contributed by atoms with E-state index < -0.39 is 0 Å². The molecule has 116 valence electrons. The third kappa shape index (κ3) is 4.39. The molecule has 0 saturated heterocycles. The van der Waals surface area contributed by atoms with Crippen LogP contribution in [0.3, 0.4) is 0 Å². The molecular formula is C17H19Cl2N3. The van der Waals surface area contributed by atoms with Crippen LogP contribution < -0.4 is 5.32 Å². The minimum atomic E-state index is 0.598. The lowest BCUT2D eigenvalue weighted by Crippen LogP contribution is -2.14. The first kappa shape index (κ1) is 16.7. The molecule has 2 rings (SSSR count). The third-order valence-corrected chi connectivity index (χ3v) is 3.86. The van der Waals surface area contributed by atoms with Gasteiger partial charge in [0.2, 0.25) is 0 Å². The number of nitrogens with zero attached hydrogens (tertiary/aromatic N) is 2. The number of hydrogen-bond donors (Lipinski definition) is 1. The van der Waals surface area contributed by atoms with Crippen molar-refractivity contribution in [3.63, 3.8) is 0 Å². The second-order valence-electron chi connectivity index (χ2n) is 5.10. The van der Waals surface area contributed by atoms with Crippen molar-refractivity contribution >= 4 is 46.6 Å². The number of aliphatic imine (C=N–C) groups is 1. The third-order valence-electron chi connectivity index (χ3n) is 3.21. The Labute approximate surface area is 141 Å². The molecular weight excluding hydrogens is 317 g/mol. The highest BCUT2D eigenvalue weighted by Crippen LogP contribution is 2.35. The topological polar surface area (TPSA) is 27.6 Å². The van der Waals surface area contributed by atoms with E-state index in [9.17, 15) is 0 Å². The molecule has 0 unspecified atom stereocenters. The molecule has 0 aliphatic heterocycles. The maximum atomic E-state index is 6.47. The summed E-state index contributed by atoms with van der Waals surface area (Å²) >= 11 is 12.4. The minimum absolute atomic E-state index is 0.598. The van der Waals surface area contributed by atoms with E-state index in [1.165, 1.54) is 0 Å². The largest absolute Gasteiger partial charge is 0.366 e. The van der Waals surface area contributed by atoms with E-state index in [4.69, 9.17) is 23.2 Å². The van der Waals surface area contributed by atoms with Gasteiger partial charge in [-0.05, 0) is 55.8 Å². The van der Waals surface area contributed by atoms with E-state index in [0.717, 1.165) is 29.2 Å². The first-order chi connectivity index (χ1) is 10.5. The van der Waals surface area contributed by atoms with Gasteiger partial charge in [-0.25, -0.2) is 4.99 Å². The number of anilines is 2. The number of nitrogens with one attached hydrogen (secondary N) is 1. The Kier molecular flexibility index (Phi) is 5.69. The van der Waals surface area contributed by atoms with Gasteiger partial charge in [0, 0.05) is 24.3 Å². The summed E-state index contributed by atoms with van der Waals surface area (Å²) in [6, 6.07) is 11.5. The molecule has 1 N–H and O–H groups in total. The fourth-order valence-corrected chi connectivity index (χ4v) is 2.20. The first-order valence-corrected chi connectivity index (χ1v) is 7.82. The lowest BCUT2D eigenvalue weighted by atomic mass is 10.2. The highest BCUT2D eigenvalue weighted by atomic mass is 35.5. The molecule has 0 heterocycles. The summed E-state index contributed by atoms with van der Waals surface area (Å²) in [5.74, 6) is 0. The Hall–Kier alpha value is -1.71. The molecule has 22 heavy (non-hydrogen) atoms. The molecule has 0 radical (unpaired) electrons. The van der Waals surface area contributed by atoms with Gasteiger partial charge < -0.3 is 10.2 Å². The average Bonchev–Trinajstić information content (AvgIpc) is 2.50. The number of aryl methyl sites for hydroxylation is 1. The summed E-state index contributed by atoms with van der Waals surface area (Å²) in [7, 11) is 1.97. The van der Waals surface area contributed by atoms with Crippen LogP contribution in [0.15, 0.2) is 41.4 Å². The van der Waals surface area contributed by atoms with E-state index in [2.05, 4.69) is 17.2 Å². The molecule has 0 spiro atoms. The fourth-order valence-electron chi connectivity index (χ4n) is 1.87. The fraction of sp³-hybridized carbons (Fsp3) is 0.235. The Balaban J connectivity index is 2.30. The first-order valence-electron chi connectivity index (χ1n) is 7.06. The number of rotatable bonds is 5. The quantitative estimate of drug-likeness (QED) is 0.564. The van der Waals surface area contributed by atoms with Gasteiger partial charge in [-0.15, -0.1) is 0 Å². The lowest BCUT2D eigenvalue weighted by molar-refractivity contribution is 0.552. The van der Waals surface area contributed by atoms with Gasteiger partial charge in [0.15, 0.2) is 0 Å². The maximum absolute atomic E-state index is 6.47. The summed E-state index contributed by atoms with van der Waals surface area (Å²) in [4.78, 5) is 6.45. The minimum Gasteiger partial charge on any atom is -0.366 e. The summed E-state index contributed by atoms with van der Waals surface area (Å²) in [6.07, 6.45) is 1.78. The molecule has 0 saturated carbocycles. The Bertz CT molecular complexity index is 666. The van der Waals surface area contributed by atoms with Crippen molar-refractivity contribution in [2.45, 2.75) is 13.8 Å². The van der Waals surface area contributed by atoms with Crippen LogP contribution in [0.2, 0.25) is 10.0 Å².